The monoisotopic (exact) mass is 602 g/mol. The number of hydrogen-bond acceptors (Lipinski definition) is 8. The second kappa shape index (κ2) is 12.4. The number of esters is 1. The molecule has 3 amide bonds. The molecule has 4 rings (SSSR count). The van der Waals surface area contributed by atoms with Crippen molar-refractivity contribution in [2.45, 2.75) is 13.3 Å². The molecule has 40 heavy (non-hydrogen) atoms. The number of benzene rings is 2. The Morgan fingerprint density at radius 2 is 1.82 bits per heavy atom. The van der Waals surface area contributed by atoms with Gasteiger partial charge < -0.3 is 19.6 Å². The number of nitrogens with one attached hydrogen (secondary N) is 1. The zero-order chi connectivity index (χ0) is 29.0. The molecule has 1 aliphatic heterocycles. The third-order valence-corrected chi connectivity index (χ3v) is 7.03. The minimum atomic E-state index is -1.13. The number of carbonyl (C=O) groups is 5. The van der Waals surface area contributed by atoms with Crippen LogP contribution in [0.5, 0.6) is 0 Å². The Balaban J connectivity index is 1.45. The van der Waals surface area contributed by atoms with Crippen molar-refractivity contribution >= 4 is 75.7 Å². The molecule has 10 nitrogen and oxygen atoms in total. The average molecular weight is 603 g/mol. The van der Waals surface area contributed by atoms with Gasteiger partial charge in [-0.2, -0.15) is 0 Å². The fourth-order valence-electron chi connectivity index (χ4n) is 3.56. The number of ether oxygens (including phenoxy) is 1. The maximum atomic E-state index is 12.9. The number of carboxylic acids is 1. The number of furan rings is 1. The normalized spacial score (nSPS) is 14.1. The van der Waals surface area contributed by atoms with Gasteiger partial charge in [0.25, 0.3) is 11.1 Å². The third kappa shape index (κ3) is 6.56. The van der Waals surface area contributed by atoms with Crippen LogP contribution in [0.1, 0.15) is 39.8 Å². The molecule has 2 heterocycles. The summed E-state index contributed by atoms with van der Waals surface area (Å²) in [4.78, 5) is 62.3. The van der Waals surface area contributed by atoms with Gasteiger partial charge in [-0.3, -0.25) is 19.3 Å². The van der Waals surface area contributed by atoms with Crippen molar-refractivity contribution in [3.05, 3.63) is 80.4 Å². The molecule has 0 atom stereocenters. The summed E-state index contributed by atoms with van der Waals surface area (Å²) in [6.07, 6.45) is 1.97. The SMILES string of the molecule is CCCOC(=O)c1cc(NC(=O)CN2C(=O)S/C(=C\c3ccc(-c4cc(C(=O)O)ccc4Cl)o3)C2=O)ccc1Cl. The molecule has 1 saturated heterocycles. The largest absolute Gasteiger partial charge is 0.478 e. The van der Waals surface area contributed by atoms with Gasteiger partial charge in [0.2, 0.25) is 5.91 Å². The number of carboxylic acid groups (broad SMARTS) is 1. The number of thioether (sulfide) groups is 1. The van der Waals surface area contributed by atoms with Crippen LogP contribution in [0.2, 0.25) is 10.0 Å². The summed E-state index contributed by atoms with van der Waals surface area (Å²) in [5.74, 6) is -2.67. The molecule has 1 fully saturated rings. The number of carbonyl (C=O) groups excluding carboxylic acids is 4. The van der Waals surface area contributed by atoms with E-state index in [4.69, 9.17) is 32.4 Å². The topological polar surface area (TPSA) is 143 Å². The fraction of sp³-hybridized carbons (Fsp3) is 0.148. The van der Waals surface area contributed by atoms with Gasteiger partial charge in [0.15, 0.2) is 0 Å². The van der Waals surface area contributed by atoms with E-state index in [0.29, 0.717) is 23.7 Å². The van der Waals surface area contributed by atoms with Crippen LogP contribution in [0.25, 0.3) is 17.4 Å². The van der Waals surface area contributed by atoms with E-state index in [9.17, 15) is 29.1 Å². The molecule has 3 aromatic rings. The van der Waals surface area contributed by atoms with Gasteiger partial charge in [-0.1, -0.05) is 30.1 Å². The van der Waals surface area contributed by atoms with Crippen molar-refractivity contribution < 1.29 is 38.2 Å². The Hall–Kier alpha value is -4.06. The highest BCUT2D eigenvalue weighted by Gasteiger charge is 2.36. The Morgan fingerprint density at radius 1 is 1.07 bits per heavy atom. The second-order valence-corrected chi connectivity index (χ2v) is 10.2. The predicted molar refractivity (Wildman–Crippen MR) is 149 cm³/mol. The van der Waals surface area contributed by atoms with Crippen LogP contribution >= 0.6 is 35.0 Å². The van der Waals surface area contributed by atoms with E-state index in [2.05, 4.69) is 5.32 Å². The molecule has 1 aromatic heterocycles. The maximum Gasteiger partial charge on any atom is 0.339 e. The Morgan fingerprint density at radius 3 is 2.55 bits per heavy atom. The van der Waals surface area contributed by atoms with Crippen LogP contribution in [0.4, 0.5) is 10.5 Å². The number of halogens is 2. The van der Waals surface area contributed by atoms with Gasteiger partial charge in [-0.05, 0) is 66.7 Å². The van der Waals surface area contributed by atoms with Crippen molar-refractivity contribution in [2.75, 3.05) is 18.5 Å². The van der Waals surface area contributed by atoms with Crippen LogP contribution in [0.3, 0.4) is 0 Å². The first kappa shape index (κ1) is 28.9. The molecule has 0 bridgehead atoms. The Bertz CT molecular complexity index is 1570. The lowest BCUT2D eigenvalue weighted by atomic mass is 10.1. The zero-order valence-electron chi connectivity index (χ0n) is 20.7. The summed E-state index contributed by atoms with van der Waals surface area (Å²) in [7, 11) is 0. The van der Waals surface area contributed by atoms with E-state index in [1.54, 1.807) is 6.07 Å². The minimum Gasteiger partial charge on any atom is -0.478 e. The van der Waals surface area contributed by atoms with E-state index >= 15 is 0 Å². The first-order valence-corrected chi connectivity index (χ1v) is 13.3. The minimum absolute atomic E-state index is 0.0167. The molecule has 2 N–H and O–H groups in total. The van der Waals surface area contributed by atoms with E-state index in [1.807, 2.05) is 6.92 Å². The number of rotatable bonds is 9. The number of anilines is 1. The van der Waals surface area contributed by atoms with Crippen molar-refractivity contribution in [2.24, 2.45) is 0 Å². The Labute approximate surface area is 241 Å². The molecular formula is C27H20Cl2N2O8S. The van der Waals surface area contributed by atoms with Crippen molar-refractivity contribution in [1.82, 2.24) is 4.90 Å². The first-order valence-electron chi connectivity index (χ1n) is 11.7. The number of nitrogens with zero attached hydrogens (tertiary/aromatic N) is 1. The number of hydrogen-bond donors (Lipinski definition) is 2. The maximum absolute atomic E-state index is 12.9. The summed E-state index contributed by atoms with van der Waals surface area (Å²) < 4.78 is 10.8. The van der Waals surface area contributed by atoms with E-state index < -0.39 is 35.5 Å². The van der Waals surface area contributed by atoms with Crippen LogP contribution in [-0.2, 0) is 14.3 Å². The second-order valence-electron chi connectivity index (χ2n) is 8.35. The lowest BCUT2D eigenvalue weighted by Gasteiger charge is -2.13. The molecule has 13 heteroatoms. The van der Waals surface area contributed by atoms with Crippen molar-refractivity contribution in [3.63, 3.8) is 0 Å². The van der Waals surface area contributed by atoms with E-state index in [-0.39, 0.29) is 49.9 Å². The average Bonchev–Trinajstić information content (AvgIpc) is 3.48. The summed E-state index contributed by atoms with van der Waals surface area (Å²) in [6, 6.07) is 11.5. The van der Waals surface area contributed by atoms with Gasteiger partial charge in [0.05, 0.1) is 32.7 Å². The zero-order valence-corrected chi connectivity index (χ0v) is 23.1. The molecule has 0 unspecified atom stereocenters. The number of amides is 3. The molecule has 2 aromatic carbocycles. The number of imide groups is 1. The number of aromatic carboxylic acids is 1. The van der Waals surface area contributed by atoms with E-state index in [0.717, 1.165) is 4.90 Å². The fourth-order valence-corrected chi connectivity index (χ4v) is 4.79. The van der Waals surface area contributed by atoms with Crippen LogP contribution in [-0.4, -0.2) is 52.2 Å². The van der Waals surface area contributed by atoms with Gasteiger partial charge in [0.1, 0.15) is 18.1 Å². The molecule has 0 spiro atoms. The predicted octanol–water partition coefficient (Wildman–Crippen LogP) is 6.19. The summed E-state index contributed by atoms with van der Waals surface area (Å²) >= 11 is 12.9. The Kier molecular flexibility index (Phi) is 8.98. The lowest BCUT2D eigenvalue weighted by Crippen LogP contribution is -2.36. The highest BCUT2D eigenvalue weighted by atomic mass is 35.5. The molecule has 1 aliphatic rings. The van der Waals surface area contributed by atoms with Crippen LogP contribution < -0.4 is 5.32 Å². The highest BCUT2D eigenvalue weighted by Crippen LogP contribution is 2.35. The van der Waals surface area contributed by atoms with E-state index in [1.165, 1.54) is 48.5 Å². The summed E-state index contributed by atoms with van der Waals surface area (Å²) in [5.41, 5.74) is 0.655. The summed E-state index contributed by atoms with van der Waals surface area (Å²) in [6.45, 7) is 1.49. The van der Waals surface area contributed by atoms with Crippen LogP contribution in [0, 0.1) is 0 Å². The molecule has 0 radical (unpaired) electrons. The van der Waals surface area contributed by atoms with Crippen LogP contribution in [0.15, 0.2) is 57.9 Å². The molecule has 0 saturated carbocycles. The molecule has 0 aliphatic carbocycles. The third-order valence-electron chi connectivity index (χ3n) is 5.46. The summed E-state index contributed by atoms with van der Waals surface area (Å²) in [5, 5.41) is 11.5. The van der Waals surface area contributed by atoms with Crippen molar-refractivity contribution in [3.8, 4) is 11.3 Å². The highest BCUT2D eigenvalue weighted by molar-refractivity contribution is 8.18. The molecular weight excluding hydrogens is 583 g/mol. The van der Waals surface area contributed by atoms with Gasteiger partial charge >= 0.3 is 11.9 Å². The van der Waals surface area contributed by atoms with Gasteiger partial charge in [-0.25, -0.2) is 9.59 Å². The quantitative estimate of drug-likeness (QED) is 0.216. The molecule has 206 valence electrons. The van der Waals surface area contributed by atoms with Crippen molar-refractivity contribution in [1.29, 1.82) is 0 Å². The lowest BCUT2D eigenvalue weighted by molar-refractivity contribution is -0.127. The van der Waals surface area contributed by atoms with Gasteiger partial charge in [-0.15, -0.1) is 0 Å². The smallest absolute Gasteiger partial charge is 0.339 e. The standard InChI is InChI=1S/C27H20Cl2N2O8S/c1-2-9-38-26(36)18-11-15(4-7-20(18)29)30-23(32)13-31-24(33)22(40-27(31)37)12-16-5-8-21(39-16)17-10-14(25(34)35)3-6-19(17)28/h3-8,10-12H,2,9,13H2,1H3,(H,30,32)(H,34,35)/b22-12-. The van der Waals surface area contributed by atoms with Gasteiger partial charge in [0, 0.05) is 17.3 Å². The first-order chi connectivity index (χ1) is 19.1.